The Balaban J connectivity index is 1.32. The first-order valence-electron chi connectivity index (χ1n) is 10.2. The number of benzene rings is 2. The van der Waals surface area contributed by atoms with Crippen LogP contribution in [0.2, 0.25) is 0 Å². The van der Waals surface area contributed by atoms with Crippen LogP contribution in [0.4, 0.5) is 11.5 Å². The van der Waals surface area contributed by atoms with Gasteiger partial charge in [-0.1, -0.05) is 12.1 Å². The van der Waals surface area contributed by atoms with Gasteiger partial charge in [0.2, 0.25) is 5.91 Å². The second-order valence-corrected chi connectivity index (χ2v) is 7.63. The number of hydrogen-bond acceptors (Lipinski definition) is 6. The number of nitro benzene ring substituents is 1. The molecule has 0 atom stereocenters. The number of methoxy groups -OCH3 is 1. The molecule has 1 aromatic heterocycles. The molecule has 0 bridgehead atoms. The van der Waals surface area contributed by atoms with Gasteiger partial charge in [-0.05, 0) is 48.7 Å². The highest BCUT2D eigenvalue weighted by Gasteiger charge is 2.25. The maximum atomic E-state index is 12.6. The first-order chi connectivity index (χ1) is 15.0. The number of piperidine rings is 1. The number of nitro groups is 1. The van der Waals surface area contributed by atoms with Gasteiger partial charge in [0.05, 0.1) is 17.5 Å². The van der Waals surface area contributed by atoms with Gasteiger partial charge in [0.15, 0.2) is 0 Å². The Hall–Kier alpha value is -3.68. The second kappa shape index (κ2) is 8.99. The van der Waals surface area contributed by atoms with Crippen molar-refractivity contribution in [2.45, 2.75) is 19.4 Å². The van der Waals surface area contributed by atoms with E-state index in [-0.39, 0.29) is 17.5 Å². The number of amides is 1. The van der Waals surface area contributed by atoms with Gasteiger partial charge < -0.3 is 15.0 Å². The highest BCUT2D eigenvalue weighted by Crippen LogP contribution is 2.26. The summed E-state index contributed by atoms with van der Waals surface area (Å²) in [4.78, 5) is 29.9. The Morgan fingerprint density at radius 2 is 1.90 bits per heavy atom. The van der Waals surface area contributed by atoms with Crippen molar-refractivity contribution in [1.29, 1.82) is 0 Å². The van der Waals surface area contributed by atoms with Crippen molar-refractivity contribution in [2.75, 3.05) is 25.1 Å². The maximum absolute atomic E-state index is 12.6. The summed E-state index contributed by atoms with van der Waals surface area (Å²) in [6.07, 6.45) is 1.52. The summed E-state index contributed by atoms with van der Waals surface area (Å²) in [5, 5.41) is 14.7. The highest BCUT2D eigenvalue weighted by atomic mass is 16.6. The lowest BCUT2D eigenvalue weighted by atomic mass is 9.95. The molecule has 1 saturated heterocycles. The van der Waals surface area contributed by atoms with Crippen molar-refractivity contribution in [3.05, 3.63) is 70.3 Å². The molecule has 4 rings (SSSR count). The second-order valence-electron chi connectivity index (χ2n) is 7.63. The largest absolute Gasteiger partial charge is 0.497 e. The van der Waals surface area contributed by atoms with Crippen molar-refractivity contribution >= 4 is 28.3 Å². The molecule has 1 aliphatic rings. The smallest absolute Gasteiger partial charge is 0.270 e. The molecule has 1 amide bonds. The third-order valence-corrected chi connectivity index (χ3v) is 5.68. The van der Waals surface area contributed by atoms with E-state index in [1.807, 2.05) is 36.4 Å². The van der Waals surface area contributed by atoms with Crippen LogP contribution in [0.3, 0.4) is 0 Å². The number of carbonyl (C=O) groups is 1. The van der Waals surface area contributed by atoms with Gasteiger partial charge in [0.25, 0.3) is 5.69 Å². The first kappa shape index (κ1) is 20.6. The van der Waals surface area contributed by atoms with Crippen LogP contribution in [0.15, 0.2) is 54.6 Å². The quantitative estimate of drug-likeness (QED) is 0.483. The highest BCUT2D eigenvalue weighted by molar-refractivity contribution is 5.83. The van der Waals surface area contributed by atoms with E-state index in [1.165, 1.54) is 12.1 Å². The zero-order valence-corrected chi connectivity index (χ0v) is 17.3. The van der Waals surface area contributed by atoms with E-state index in [0.717, 1.165) is 54.0 Å². The molecule has 160 valence electrons. The average molecular weight is 420 g/mol. The molecule has 1 aliphatic heterocycles. The number of rotatable bonds is 6. The topological polar surface area (TPSA) is 97.6 Å². The minimum atomic E-state index is -0.405. The van der Waals surface area contributed by atoms with Crippen LogP contribution >= 0.6 is 0 Å². The van der Waals surface area contributed by atoms with E-state index >= 15 is 0 Å². The van der Waals surface area contributed by atoms with E-state index in [4.69, 9.17) is 4.74 Å². The minimum absolute atomic E-state index is 0.0161. The third-order valence-electron chi connectivity index (χ3n) is 5.68. The van der Waals surface area contributed by atoms with E-state index < -0.39 is 4.92 Å². The van der Waals surface area contributed by atoms with Crippen molar-refractivity contribution in [1.82, 2.24) is 10.3 Å². The molecule has 3 aromatic rings. The molecule has 8 nitrogen and oxygen atoms in total. The minimum Gasteiger partial charge on any atom is -0.497 e. The molecule has 0 unspecified atom stereocenters. The SMILES string of the molecule is COc1ccc(CNC(=O)C2CCN(c3ccc4cc([N+](=O)[O-])ccc4n3)CC2)cc1. The first-order valence-corrected chi connectivity index (χ1v) is 10.2. The van der Waals surface area contributed by atoms with Crippen molar-refractivity contribution in [3.63, 3.8) is 0 Å². The molecule has 2 aromatic carbocycles. The molecule has 1 fully saturated rings. The number of hydrogen-bond donors (Lipinski definition) is 1. The lowest BCUT2D eigenvalue weighted by Gasteiger charge is -2.32. The number of fused-ring (bicyclic) bond motifs is 1. The van der Waals surface area contributed by atoms with E-state index in [1.54, 1.807) is 13.2 Å². The van der Waals surface area contributed by atoms with Crippen LogP contribution in [0.1, 0.15) is 18.4 Å². The number of non-ortho nitro benzene ring substituents is 1. The Labute approximate surface area is 180 Å². The molecule has 0 radical (unpaired) electrons. The van der Waals surface area contributed by atoms with Gasteiger partial charge in [0.1, 0.15) is 11.6 Å². The van der Waals surface area contributed by atoms with Crippen LogP contribution in [0, 0.1) is 16.0 Å². The molecule has 0 spiro atoms. The number of anilines is 1. The van der Waals surface area contributed by atoms with Gasteiger partial charge >= 0.3 is 0 Å². The molecule has 0 aliphatic carbocycles. The van der Waals surface area contributed by atoms with Crippen molar-refractivity contribution < 1.29 is 14.5 Å². The van der Waals surface area contributed by atoms with Gasteiger partial charge in [0, 0.05) is 43.1 Å². The van der Waals surface area contributed by atoms with E-state index in [9.17, 15) is 14.9 Å². The Morgan fingerprint density at radius 3 is 2.58 bits per heavy atom. The maximum Gasteiger partial charge on any atom is 0.270 e. The summed E-state index contributed by atoms with van der Waals surface area (Å²) in [6.45, 7) is 1.99. The monoisotopic (exact) mass is 420 g/mol. The Morgan fingerprint density at radius 1 is 1.16 bits per heavy atom. The predicted molar refractivity (Wildman–Crippen MR) is 118 cm³/mol. The number of pyridine rings is 1. The summed E-state index contributed by atoms with van der Waals surface area (Å²) >= 11 is 0. The predicted octanol–water partition coefficient (Wildman–Crippen LogP) is 3.68. The lowest BCUT2D eigenvalue weighted by molar-refractivity contribution is -0.384. The standard InChI is InChI=1S/C23H24N4O4/c1-31-20-6-2-16(3-7-20)15-24-23(28)17-10-12-26(13-11-17)22-9-4-18-14-19(27(29)30)5-8-21(18)25-22/h2-9,14,17H,10-13,15H2,1H3,(H,24,28). The normalized spacial score (nSPS) is 14.4. The third kappa shape index (κ3) is 4.74. The fourth-order valence-electron chi connectivity index (χ4n) is 3.84. The zero-order chi connectivity index (χ0) is 21.8. The fraction of sp³-hybridized carbons (Fsp3) is 0.304. The average Bonchev–Trinajstić information content (AvgIpc) is 2.82. The Bertz CT molecular complexity index is 1090. The Kier molecular flexibility index (Phi) is 5.97. The lowest BCUT2D eigenvalue weighted by Crippen LogP contribution is -2.40. The van der Waals surface area contributed by atoms with Crippen LogP contribution < -0.4 is 15.0 Å². The number of aromatic nitrogens is 1. The van der Waals surface area contributed by atoms with Gasteiger partial charge in [-0.15, -0.1) is 0 Å². The van der Waals surface area contributed by atoms with Crippen LogP contribution in [-0.2, 0) is 11.3 Å². The molecule has 0 saturated carbocycles. The van der Waals surface area contributed by atoms with Crippen molar-refractivity contribution in [2.24, 2.45) is 5.92 Å². The van der Waals surface area contributed by atoms with Crippen LogP contribution in [0.25, 0.3) is 10.9 Å². The zero-order valence-electron chi connectivity index (χ0n) is 17.3. The summed E-state index contributed by atoms with van der Waals surface area (Å²) in [6, 6.07) is 16.1. The number of ether oxygens (including phenoxy) is 1. The summed E-state index contributed by atoms with van der Waals surface area (Å²) in [5.41, 5.74) is 1.82. The molecule has 2 heterocycles. The molecular formula is C23H24N4O4. The van der Waals surface area contributed by atoms with Gasteiger partial charge in [-0.25, -0.2) is 4.98 Å². The van der Waals surface area contributed by atoms with E-state index in [0.29, 0.717) is 6.54 Å². The van der Waals surface area contributed by atoms with Crippen LogP contribution in [-0.4, -0.2) is 36.0 Å². The number of nitrogens with one attached hydrogen (secondary N) is 1. The summed E-state index contributed by atoms with van der Waals surface area (Å²) < 4.78 is 5.15. The fourth-order valence-corrected chi connectivity index (χ4v) is 3.84. The van der Waals surface area contributed by atoms with Crippen molar-refractivity contribution in [3.8, 4) is 5.75 Å². The van der Waals surface area contributed by atoms with Gasteiger partial charge in [-0.2, -0.15) is 0 Å². The van der Waals surface area contributed by atoms with Gasteiger partial charge in [-0.3, -0.25) is 14.9 Å². The summed E-state index contributed by atoms with van der Waals surface area (Å²) in [5.74, 6) is 1.69. The number of nitrogens with zero attached hydrogens (tertiary/aromatic N) is 3. The molecule has 8 heteroatoms. The molecular weight excluding hydrogens is 396 g/mol. The molecule has 1 N–H and O–H groups in total. The number of carbonyl (C=O) groups excluding carboxylic acids is 1. The summed E-state index contributed by atoms with van der Waals surface area (Å²) in [7, 11) is 1.63. The van der Waals surface area contributed by atoms with E-state index in [2.05, 4.69) is 15.2 Å². The molecule has 31 heavy (non-hydrogen) atoms. The van der Waals surface area contributed by atoms with Crippen LogP contribution in [0.5, 0.6) is 5.75 Å².